The minimum Gasteiger partial charge on any atom is -0.478 e. The van der Waals surface area contributed by atoms with Crippen LogP contribution in [0, 0.1) is 15.9 Å². The maximum absolute atomic E-state index is 13.5. The lowest BCUT2D eigenvalue weighted by Crippen LogP contribution is -2.10. The van der Waals surface area contributed by atoms with E-state index in [4.69, 9.17) is 5.11 Å². The van der Waals surface area contributed by atoms with Gasteiger partial charge in [0.2, 0.25) is 0 Å². The zero-order valence-electron chi connectivity index (χ0n) is 10.6. The molecule has 1 aromatic heterocycles. The quantitative estimate of drug-likeness (QED) is 0.627. The highest BCUT2D eigenvalue weighted by molar-refractivity contribution is 7.07. The average molecular weight is 311 g/mol. The summed E-state index contributed by atoms with van der Waals surface area (Å²) in [5, 5.41) is 24.3. The molecule has 110 valence electrons. The van der Waals surface area contributed by atoms with E-state index in [0.29, 0.717) is 19.0 Å². The number of aromatic carboxylic acids is 1. The normalized spacial score (nSPS) is 10.3. The number of hydrogen-bond donors (Lipinski definition) is 2. The predicted molar refractivity (Wildman–Crippen MR) is 74.3 cm³/mol. The topological polar surface area (TPSA) is 105 Å². The van der Waals surface area contributed by atoms with Gasteiger partial charge in [-0.05, 0) is 6.07 Å². The van der Waals surface area contributed by atoms with E-state index >= 15 is 0 Å². The molecular weight excluding hydrogens is 301 g/mol. The number of nitrogens with one attached hydrogen (secondary N) is 1. The van der Waals surface area contributed by atoms with Gasteiger partial charge in [-0.3, -0.25) is 10.1 Å². The highest BCUT2D eigenvalue weighted by atomic mass is 32.1. The molecule has 1 heterocycles. The second kappa shape index (κ2) is 6.27. The van der Waals surface area contributed by atoms with Gasteiger partial charge in [0.25, 0.3) is 5.69 Å². The van der Waals surface area contributed by atoms with Crippen LogP contribution in [-0.2, 0) is 6.42 Å². The van der Waals surface area contributed by atoms with E-state index < -0.39 is 28.0 Å². The van der Waals surface area contributed by atoms with Gasteiger partial charge in [0, 0.05) is 18.3 Å². The number of carboxylic acid groups (broad SMARTS) is 1. The molecule has 2 aromatic rings. The fourth-order valence-electron chi connectivity index (χ4n) is 1.71. The van der Waals surface area contributed by atoms with E-state index in [1.54, 1.807) is 5.51 Å². The fraction of sp³-hybridized carbons (Fsp3) is 0.167. The summed E-state index contributed by atoms with van der Waals surface area (Å²) in [4.78, 5) is 25.0. The number of nitro benzene ring substituents is 1. The third-order valence-corrected chi connectivity index (χ3v) is 3.33. The minimum atomic E-state index is -1.48. The molecule has 21 heavy (non-hydrogen) atoms. The number of carbonyl (C=O) groups is 1. The van der Waals surface area contributed by atoms with Crippen molar-refractivity contribution in [3.8, 4) is 0 Å². The molecule has 1 aromatic carbocycles. The van der Waals surface area contributed by atoms with Gasteiger partial charge in [0.05, 0.1) is 27.8 Å². The summed E-state index contributed by atoms with van der Waals surface area (Å²) < 4.78 is 13.5. The first-order chi connectivity index (χ1) is 9.99. The zero-order valence-corrected chi connectivity index (χ0v) is 11.4. The average Bonchev–Trinajstić information content (AvgIpc) is 2.92. The second-order valence-corrected chi connectivity index (χ2v) is 4.79. The molecule has 0 spiro atoms. The highest BCUT2D eigenvalue weighted by Gasteiger charge is 2.21. The Balaban J connectivity index is 2.21. The van der Waals surface area contributed by atoms with Gasteiger partial charge >= 0.3 is 5.97 Å². The summed E-state index contributed by atoms with van der Waals surface area (Å²) in [5.41, 5.74) is 1.33. The van der Waals surface area contributed by atoms with Crippen molar-refractivity contribution in [2.45, 2.75) is 6.42 Å². The first-order valence-corrected chi connectivity index (χ1v) is 6.75. The Hall–Kier alpha value is -2.55. The van der Waals surface area contributed by atoms with E-state index in [9.17, 15) is 19.3 Å². The maximum atomic E-state index is 13.5. The molecule has 0 aliphatic heterocycles. The monoisotopic (exact) mass is 311 g/mol. The lowest BCUT2D eigenvalue weighted by molar-refractivity contribution is -0.384. The number of halogens is 1. The third kappa shape index (κ3) is 3.51. The molecule has 0 aliphatic rings. The summed E-state index contributed by atoms with van der Waals surface area (Å²) in [6.45, 7) is 0.315. The molecule has 0 fully saturated rings. The van der Waals surface area contributed by atoms with Gasteiger partial charge in [0.1, 0.15) is 11.5 Å². The van der Waals surface area contributed by atoms with Crippen molar-refractivity contribution in [1.29, 1.82) is 0 Å². The van der Waals surface area contributed by atoms with Crippen LogP contribution < -0.4 is 5.32 Å². The van der Waals surface area contributed by atoms with Crippen molar-refractivity contribution in [3.63, 3.8) is 0 Å². The number of thiazole rings is 1. The van der Waals surface area contributed by atoms with Crippen LogP contribution in [0.15, 0.2) is 23.0 Å². The van der Waals surface area contributed by atoms with Crippen molar-refractivity contribution < 1.29 is 19.2 Å². The number of nitro groups is 1. The van der Waals surface area contributed by atoms with Gasteiger partial charge in [-0.15, -0.1) is 11.3 Å². The fourth-order valence-corrected chi connectivity index (χ4v) is 2.30. The number of benzene rings is 1. The van der Waals surface area contributed by atoms with E-state index in [-0.39, 0.29) is 5.69 Å². The molecule has 0 radical (unpaired) electrons. The molecule has 2 N–H and O–H groups in total. The Bertz CT molecular complexity index is 675. The van der Waals surface area contributed by atoms with Crippen molar-refractivity contribution in [1.82, 2.24) is 4.98 Å². The van der Waals surface area contributed by atoms with Gasteiger partial charge < -0.3 is 10.4 Å². The summed E-state index contributed by atoms with van der Waals surface area (Å²) >= 11 is 1.43. The number of carboxylic acids is 1. The lowest BCUT2D eigenvalue weighted by Gasteiger charge is -2.08. The molecule has 0 bridgehead atoms. The van der Waals surface area contributed by atoms with E-state index in [0.717, 1.165) is 11.8 Å². The standard InChI is InChI=1S/C12H10FN3O4S/c13-9-4-11(16(19)20)10(3-8(9)12(17)18)14-2-1-7-5-21-6-15-7/h3-6,14H,1-2H2,(H,17,18). The Morgan fingerprint density at radius 2 is 2.29 bits per heavy atom. The van der Waals surface area contributed by atoms with Gasteiger partial charge in [-0.1, -0.05) is 0 Å². The largest absolute Gasteiger partial charge is 0.478 e. The predicted octanol–water partition coefficient (Wildman–Crippen LogP) is 2.54. The van der Waals surface area contributed by atoms with E-state index in [2.05, 4.69) is 10.3 Å². The smallest absolute Gasteiger partial charge is 0.338 e. The molecule has 0 amide bonds. The molecular formula is C12H10FN3O4S. The molecule has 2 rings (SSSR count). The number of aromatic nitrogens is 1. The van der Waals surface area contributed by atoms with Crippen LogP contribution in [0.4, 0.5) is 15.8 Å². The Labute approximate surface area is 122 Å². The van der Waals surface area contributed by atoms with Crippen LogP contribution in [0.2, 0.25) is 0 Å². The van der Waals surface area contributed by atoms with Crippen LogP contribution in [0.3, 0.4) is 0 Å². The molecule has 0 unspecified atom stereocenters. The Kier molecular flexibility index (Phi) is 4.43. The van der Waals surface area contributed by atoms with Crippen LogP contribution in [0.5, 0.6) is 0 Å². The highest BCUT2D eigenvalue weighted by Crippen LogP contribution is 2.27. The molecule has 0 atom stereocenters. The van der Waals surface area contributed by atoms with Gasteiger partial charge in [-0.2, -0.15) is 0 Å². The summed E-state index contributed by atoms with van der Waals surface area (Å²) in [6, 6.07) is 1.53. The summed E-state index contributed by atoms with van der Waals surface area (Å²) in [7, 11) is 0. The molecule has 0 saturated heterocycles. The van der Waals surface area contributed by atoms with Crippen molar-refractivity contribution in [2.24, 2.45) is 0 Å². The summed E-state index contributed by atoms with van der Waals surface area (Å²) in [6.07, 6.45) is 0.514. The van der Waals surface area contributed by atoms with Crippen LogP contribution in [0.25, 0.3) is 0 Å². The molecule has 0 aliphatic carbocycles. The van der Waals surface area contributed by atoms with Gasteiger partial charge in [0.15, 0.2) is 0 Å². The van der Waals surface area contributed by atoms with Crippen LogP contribution >= 0.6 is 11.3 Å². The summed E-state index contributed by atoms with van der Waals surface area (Å²) in [5.74, 6) is -2.62. The van der Waals surface area contributed by atoms with Crippen LogP contribution in [-0.4, -0.2) is 27.5 Å². The van der Waals surface area contributed by atoms with Crippen molar-refractivity contribution in [2.75, 3.05) is 11.9 Å². The number of hydrogen-bond acceptors (Lipinski definition) is 6. The lowest BCUT2D eigenvalue weighted by atomic mass is 10.1. The number of rotatable bonds is 6. The number of nitrogens with zero attached hydrogens (tertiary/aromatic N) is 2. The SMILES string of the molecule is O=C(O)c1cc(NCCc2cscn2)c([N+](=O)[O-])cc1F. The Morgan fingerprint density at radius 3 is 2.86 bits per heavy atom. The van der Waals surface area contributed by atoms with E-state index in [1.807, 2.05) is 5.38 Å². The van der Waals surface area contributed by atoms with Crippen molar-refractivity contribution in [3.05, 3.63) is 50.2 Å². The van der Waals surface area contributed by atoms with E-state index in [1.165, 1.54) is 11.3 Å². The van der Waals surface area contributed by atoms with Crippen LogP contribution in [0.1, 0.15) is 16.1 Å². The number of anilines is 1. The first-order valence-electron chi connectivity index (χ1n) is 5.81. The zero-order chi connectivity index (χ0) is 15.4. The Morgan fingerprint density at radius 1 is 1.52 bits per heavy atom. The van der Waals surface area contributed by atoms with Gasteiger partial charge in [-0.25, -0.2) is 14.2 Å². The maximum Gasteiger partial charge on any atom is 0.338 e. The second-order valence-electron chi connectivity index (χ2n) is 4.07. The third-order valence-electron chi connectivity index (χ3n) is 2.69. The first kappa shape index (κ1) is 14.9. The molecule has 0 saturated carbocycles. The van der Waals surface area contributed by atoms with Crippen molar-refractivity contribution >= 4 is 28.7 Å². The minimum absolute atomic E-state index is 0.0333. The molecule has 7 nitrogen and oxygen atoms in total. The molecule has 9 heteroatoms.